The summed E-state index contributed by atoms with van der Waals surface area (Å²) in [6.45, 7) is 3.20. The first-order chi connectivity index (χ1) is 19.6. The Morgan fingerprint density at radius 2 is 1.73 bits per heavy atom. The molecule has 0 fully saturated rings. The van der Waals surface area contributed by atoms with Crippen LogP contribution in [0, 0.1) is 11.6 Å². The van der Waals surface area contributed by atoms with Crippen LogP contribution in [0.25, 0.3) is 11.2 Å². The van der Waals surface area contributed by atoms with E-state index in [2.05, 4.69) is 10.4 Å². The molecule has 0 bridgehead atoms. The number of hydrogen-bond acceptors (Lipinski definition) is 6. The van der Waals surface area contributed by atoms with Gasteiger partial charge in [0.25, 0.3) is 5.56 Å². The maximum Gasteiger partial charge on any atom is 0.335 e. The second-order valence-electron chi connectivity index (χ2n) is 9.13. The van der Waals surface area contributed by atoms with Crippen molar-refractivity contribution in [1.82, 2.24) is 18.7 Å². The maximum absolute atomic E-state index is 15.1. The molecule has 2 aromatic carbocycles. The average Bonchev–Trinajstić information content (AvgIpc) is 3.40. The van der Waals surface area contributed by atoms with Crippen molar-refractivity contribution in [3.8, 4) is 17.2 Å². The summed E-state index contributed by atoms with van der Waals surface area (Å²) in [5, 5.41) is 6.76. The van der Waals surface area contributed by atoms with E-state index in [1.54, 1.807) is 19.2 Å². The number of benzene rings is 2. The summed E-state index contributed by atoms with van der Waals surface area (Å²) in [4.78, 5) is 50.7. The van der Waals surface area contributed by atoms with Crippen molar-refractivity contribution < 1.29 is 23.1 Å². The highest BCUT2D eigenvalue weighted by Crippen LogP contribution is 2.31. The summed E-state index contributed by atoms with van der Waals surface area (Å²) in [7, 11) is 0. The van der Waals surface area contributed by atoms with Gasteiger partial charge in [-0.05, 0) is 55.0 Å². The SMILES string of the molecule is CCn1cc(C(=O)Cc2ccc(Oc3cc(NC(C)=O)cn4nccc34)c(F)c2)c(=O)n(-c2ccc(F)cc2)c1=O. The van der Waals surface area contributed by atoms with Crippen LogP contribution in [0.15, 0.2) is 82.8 Å². The van der Waals surface area contributed by atoms with Gasteiger partial charge in [-0.2, -0.15) is 5.10 Å². The number of hydrogen-bond donors (Lipinski definition) is 1. The third-order valence-corrected chi connectivity index (χ3v) is 6.25. The Kier molecular flexibility index (Phi) is 7.30. The molecule has 0 aliphatic carbocycles. The maximum atomic E-state index is 15.1. The molecule has 208 valence electrons. The van der Waals surface area contributed by atoms with E-state index in [1.807, 2.05) is 0 Å². The lowest BCUT2D eigenvalue weighted by Crippen LogP contribution is -2.41. The summed E-state index contributed by atoms with van der Waals surface area (Å²) >= 11 is 0. The fourth-order valence-electron chi connectivity index (χ4n) is 4.32. The molecule has 5 rings (SSSR count). The highest BCUT2D eigenvalue weighted by atomic mass is 19.1. The molecule has 0 saturated carbocycles. The number of halogens is 2. The predicted octanol–water partition coefficient (Wildman–Crippen LogP) is 4.12. The molecule has 0 aliphatic rings. The van der Waals surface area contributed by atoms with Gasteiger partial charge in [0.15, 0.2) is 23.1 Å². The van der Waals surface area contributed by atoms with Gasteiger partial charge in [-0.25, -0.2) is 22.7 Å². The number of aromatic nitrogens is 4. The molecule has 0 radical (unpaired) electrons. The van der Waals surface area contributed by atoms with E-state index >= 15 is 4.39 Å². The van der Waals surface area contributed by atoms with E-state index in [9.17, 15) is 23.6 Å². The van der Waals surface area contributed by atoms with Crippen LogP contribution in [-0.4, -0.2) is 30.4 Å². The lowest BCUT2D eigenvalue weighted by molar-refractivity contribution is -0.114. The number of fused-ring (bicyclic) bond motifs is 1. The van der Waals surface area contributed by atoms with Gasteiger partial charge in [-0.3, -0.25) is 19.0 Å². The Hall–Kier alpha value is -5.39. The number of ether oxygens (including phenoxy) is 1. The second kappa shape index (κ2) is 11.0. The molecule has 41 heavy (non-hydrogen) atoms. The molecule has 3 aromatic heterocycles. The number of anilines is 1. The molecule has 0 aliphatic heterocycles. The zero-order chi connectivity index (χ0) is 29.3. The van der Waals surface area contributed by atoms with Crippen LogP contribution in [0.4, 0.5) is 14.5 Å². The van der Waals surface area contributed by atoms with Gasteiger partial charge in [0.2, 0.25) is 5.91 Å². The van der Waals surface area contributed by atoms with Gasteiger partial charge in [-0.15, -0.1) is 0 Å². The van der Waals surface area contributed by atoms with Crippen LogP contribution < -0.4 is 21.3 Å². The second-order valence-corrected chi connectivity index (χ2v) is 9.13. The van der Waals surface area contributed by atoms with Crippen molar-refractivity contribution in [3.05, 3.63) is 117 Å². The van der Waals surface area contributed by atoms with E-state index in [-0.39, 0.29) is 47.2 Å². The molecule has 3 heterocycles. The van der Waals surface area contributed by atoms with E-state index in [1.165, 1.54) is 58.7 Å². The van der Waals surface area contributed by atoms with E-state index < -0.39 is 28.7 Å². The van der Waals surface area contributed by atoms with Gasteiger partial charge in [-0.1, -0.05) is 6.07 Å². The molecular formula is C29H23F2N5O5. The number of amides is 1. The fraction of sp³-hybridized carbons (Fsp3) is 0.138. The average molecular weight is 560 g/mol. The summed E-state index contributed by atoms with van der Waals surface area (Å²) in [6.07, 6.45) is 3.96. The molecule has 12 heteroatoms. The van der Waals surface area contributed by atoms with Gasteiger partial charge in [0, 0.05) is 32.2 Å². The smallest absolute Gasteiger partial charge is 0.335 e. The van der Waals surface area contributed by atoms with Crippen molar-refractivity contribution in [1.29, 1.82) is 0 Å². The van der Waals surface area contributed by atoms with Crippen molar-refractivity contribution in [2.75, 3.05) is 5.32 Å². The van der Waals surface area contributed by atoms with Crippen molar-refractivity contribution in [2.45, 2.75) is 26.8 Å². The van der Waals surface area contributed by atoms with Crippen LogP contribution in [0.3, 0.4) is 0 Å². The topological polar surface area (TPSA) is 117 Å². The Morgan fingerprint density at radius 1 is 0.976 bits per heavy atom. The minimum atomic E-state index is -0.861. The zero-order valence-corrected chi connectivity index (χ0v) is 21.9. The van der Waals surface area contributed by atoms with Crippen LogP contribution in [0.5, 0.6) is 11.5 Å². The quantitative estimate of drug-likeness (QED) is 0.286. The number of nitrogens with zero attached hydrogens (tertiary/aromatic N) is 4. The van der Waals surface area contributed by atoms with Crippen molar-refractivity contribution in [3.63, 3.8) is 0 Å². The number of Topliss-reactive ketones (excluding diaryl/α,β-unsaturated/α-hetero) is 1. The Bertz CT molecular complexity index is 1930. The molecular weight excluding hydrogens is 536 g/mol. The largest absolute Gasteiger partial charge is 0.452 e. The summed E-state index contributed by atoms with van der Waals surface area (Å²) in [5.41, 5.74) is -0.505. The molecule has 0 unspecified atom stereocenters. The lowest BCUT2D eigenvalue weighted by Gasteiger charge is -2.13. The van der Waals surface area contributed by atoms with E-state index in [4.69, 9.17) is 4.74 Å². The monoisotopic (exact) mass is 559 g/mol. The normalized spacial score (nSPS) is 11.0. The molecule has 0 atom stereocenters. The highest BCUT2D eigenvalue weighted by molar-refractivity contribution is 5.97. The molecule has 1 N–H and O–H groups in total. The predicted molar refractivity (Wildman–Crippen MR) is 146 cm³/mol. The molecule has 0 spiro atoms. The molecule has 10 nitrogen and oxygen atoms in total. The third kappa shape index (κ3) is 5.53. The van der Waals surface area contributed by atoms with Gasteiger partial charge >= 0.3 is 5.69 Å². The first-order valence-electron chi connectivity index (χ1n) is 12.5. The third-order valence-electron chi connectivity index (χ3n) is 6.25. The van der Waals surface area contributed by atoms with Gasteiger partial charge < -0.3 is 10.1 Å². The Balaban J connectivity index is 1.43. The van der Waals surface area contributed by atoms with Gasteiger partial charge in [0.05, 0.1) is 23.8 Å². The van der Waals surface area contributed by atoms with Gasteiger partial charge in [0.1, 0.15) is 16.9 Å². The van der Waals surface area contributed by atoms with Crippen molar-refractivity contribution in [2.24, 2.45) is 0 Å². The zero-order valence-electron chi connectivity index (χ0n) is 21.9. The standard InChI is InChI=1S/C29H23F2N5O5/c1-3-34-16-22(28(39)36(29(34)40)21-7-5-19(30)6-8-21)25(38)13-18-4-9-26(23(31)12-18)41-27-14-20(33-17(2)37)15-35-24(27)10-11-32-35/h4-12,14-16H,3,13H2,1-2H3,(H,33,37). The highest BCUT2D eigenvalue weighted by Gasteiger charge is 2.20. The summed E-state index contributed by atoms with van der Waals surface area (Å²) in [6, 6.07) is 11.9. The first-order valence-corrected chi connectivity index (χ1v) is 12.5. The Labute approximate surface area is 231 Å². The Morgan fingerprint density at radius 3 is 2.41 bits per heavy atom. The van der Waals surface area contributed by atoms with Crippen LogP contribution in [-0.2, 0) is 17.8 Å². The van der Waals surface area contributed by atoms with Crippen molar-refractivity contribution >= 4 is 22.9 Å². The number of carbonyl (C=O) groups excluding carboxylic acids is 2. The molecule has 1 amide bonds. The minimum absolute atomic E-state index is 0.112. The van der Waals surface area contributed by atoms with Crippen LogP contribution >= 0.6 is 0 Å². The number of aryl methyl sites for hydroxylation is 1. The fourth-order valence-corrected chi connectivity index (χ4v) is 4.32. The molecule has 5 aromatic rings. The van der Waals surface area contributed by atoms with E-state index in [0.29, 0.717) is 11.2 Å². The summed E-state index contributed by atoms with van der Waals surface area (Å²) < 4.78 is 37.8. The number of pyridine rings is 1. The molecule has 0 saturated heterocycles. The number of nitrogens with one attached hydrogen (secondary N) is 1. The number of ketones is 1. The van der Waals surface area contributed by atoms with E-state index in [0.717, 1.165) is 22.8 Å². The number of carbonyl (C=O) groups is 2. The number of rotatable bonds is 8. The lowest BCUT2D eigenvalue weighted by atomic mass is 10.0. The van der Waals surface area contributed by atoms with Crippen LogP contribution in [0.2, 0.25) is 0 Å². The van der Waals surface area contributed by atoms with Crippen LogP contribution in [0.1, 0.15) is 29.8 Å². The first kappa shape index (κ1) is 27.2. The minimum Gasteiger partial charge on any atom is -0.452 e. The summed E-state index contributed by atoms with van der Waals surface area (Å²) in [5.74, 6) is -2.15.